The van der Waals surface area contributed by atoms with Crippen molar-refractivity contribution in [2.75, 3.05) is 6.61 Å². The zero-order valence-electron chi connectivity index (χ0n) is 10.4. The lowest BCUT2D eigenvalue weighted by molar-refractivity contribution is 0.370. The molecule has 0 amide bonds. The van der Waals surface area contributed by atoms with Gasteiger partial charge in [-0.05, 0) is 18.2 Å². The molecule has 0 saturated heterocycles. The van der Waals surface area contributed by atoms with Gasteiger partial charge >= 0.3 is 0 Å². The molecule has 0 spiro atoms. The third kappa shape index (κ3) is 2.20. The molecule has 0 radical (unpaired) electrons. The van der Waals surface area contributed by atoms with E-state index in [1.165, 1.54) is 6.07 Å². The van der Waals surface area contributed by atoms with Crippen LogP contribution in [0.4, 0.5) is 4.39 Å². The molecular formula is C15H11FO3S. The molecule has 2 aromatic carbocycles. The van der Waals surface area contributed by atoms with Gasteiger partial charge in [-0.15, -0.1) is 0 Å². The van der Waals surface area contributed by atoms with E-state index in [1.54, 1.807) is 18.2 Å². The molecule has 1 aliphatic heterocycles. The maximum Gasteiger partial charge on any atom is 0.203 e. The Morgan fingerprint density at radius 2 is 1.75 bits per heavy atom. The van der Waals surface area contributed by atoms with Gasteiger partial charge in [-0.3, -0.25) is 0 Å². The number of para-hydroxylation sites is 1. The van der Waals surface area contributed by atoms with Crippen molar-refractivity contribution in [3.05, 3.63) is 65.3 Å². The van der Waals surface area contributed by atoms with Crippen LogP contribution in [-0.2, 0) is 9.84 Å². The normalized spacial score (nSPS) is 15.6. The molecule has 1 heterocycles. The van der Waals surface area contributed by atoms with Crippen molar-refractivity contribution in [2.45, 2.75) is 4.90 Å². The second-order valence-electron chi connectivity index (χ2n) is 4.41. The Bertz CT molecular complexity index is 780. The lowest BCUT2D eigenvalue weighted by Gasteiger charge is -2.07. The van der Waals surface area contributed by atoms with Crippen molar-refractivity contribution in [1.82, 2.24) is 0 Å². The topological polar surface area (TPSA) is 43.4 Å². The Balaban J connectivity index is 1.92. The minimum Gasteiger partial charge on any atom is -0.489 e. The van der Waals surface area contributed by atoms with Gasteiger partial charge in [-0.2, -0.15) is 0 Å². The van der Waals surface area contributed by atoms with Crippen molar-refractivity contribution in [3.8, 4) is 5.75 Å². The van der Waals surface area contributed by atoms with Crippen molar-refractivity contribution in [1.29, 1.82) is 0 Å². The van der Waals surface area contributed by atoms with Crippen LogP contribution in [0.15, 0.2) is 58.8 Å². The molecule has 0 N–H and O–H groups in total. The molecule has 0 bridgehead atoms. The maximum absolute atomic E-state index is 13.7. The van der Waals surface area contributed by atoms with Crippen molar-refractivity contribution >= 4 is 15.4 Å². The van der Waals surface area contributed by atoms with E-state index in [4.69, 9.17) is 4.74 Å². The molecule has 0 unspecified atom stereocenters. The second-order valence-corrected chi connectivity index (χ2v) is 6.14. The van der Waals surface area contributed by atoms with E-state index in [2.05, 4.69) is 0 Å². The summed E-state index contributed by atoms with van der Waals surface area (Å²) in [6, 6.07) is 13.3. The van der Waals surface area contributed by atoms with Crippen LogP contribution in [0.5, 0.6) is 5.75 Å². The third-order valence-corrected chi connectivity index (χ3v) is 4.61. The van der Waals surface area contributed by atoms with Crippen LogP contribution >= 0.6 is 0 Å². The Morgan fingerprint density at radius 3 is 2.50 bits per heavy atom. The summed E-state index contributed by atoms with van der Waals surface area (Å²) in [6.07, 6.45) is 0. The number of ether oxygens (including phenoxy) is 1. The number of fused-ring (bicyclic) bond motifs is 1. The average molecular weight is 290 g/mol. The summed E-state index contributed by atoms with van der Waals surface area (Å²) in [5.41, 5.74) is 0.837. The standard InChI is InChI=1S/C15H11FO3S/c16-14-8-4-7-13-11(10-20(17,18)15(13)14)9-19-12-5-2-1-3-6-12/h1-8,10H,9H2. The summed E-state index contributed by atoms with van der Waals surface area (Å²) in [4.78, 5) is -0.258. The predicted octanol–water partition coefficient (Wildman–Crippen LogP) is 3.03. The molecule has 2 aromatic rings. The first-order chi connectivity index (χ1) is 9.58. The van der Waals surface area contributed by atoms with Gasteiger partial charge in [0.15, 0.2) is 0 Å². The molecule has 102 valence electrons. The largest absolute Gasteiger partial charge is 0.489 e. The smallest absolute Gasteiger partial charge is 0.203 e. The SMILES string of the molecule is O=S1(=O)C=C(COc2ccccc2)c2cccc(F)c21. The first-order valence-corrected chi connectivity index (χ1v) is 7.55. The van der Waals surface area contributed by atoms with E-state index in [0.29, 0.717) is 16.9 Å². The molecule has 3 rings (SSSR count). The van der Waals surface area contributed by atoms with E-state index in [9.17, 15) is 12.8 Å². The van der Waals surface area contributed by atoms with Crippen LogP contribution in [0.1, 0.15) is 5.56 Å². The monoisotopic (exact) mass is 290 g/mol. The van der Waals surface area contributed by atoms with E-state index < -0.39 is 15.7 Å². The van der Waals surface area contributed by atoms with Gasteiger partial charge in [0.25, 0.3) is 0 Å². The van der Waals surface area contributed by atoms with Gasteiger partial charge in [-0.1, -0.05) is 30.3 Å². The minimum absolute atomic E-state index is 0.0830. The van der Waals surface area contributed by atoms with Crippen LogP contribution < -0.4 is 4.74 Å². The molecule has 0 aromatic heterocycles. The first kappa shape index (κ1) is 12.9. The highest BCUT2D eigenvalue weighted by Gasteiger charge is 2.30. The zero-order valence-corrected chi connectivity index (χ0v) is 11.2. The van der Waals surface area contributed by atoms with Gasteiger partial charge in [0.1, 0.15) is 23.1 Å². The summed E-state index contributed by atoms with van der Waals surface area (Å²) in [6.45, 7) is 0.0830. The van der Waals surface area contributed by atoms with Crippen LogP contribution in [0, 0.1) is 5.82 Å². The van der Waals surface area contributed by atoms with Gasteiger partial charge in [0.05, 0.1) is 0 Å². The molecule has 3 nitrogen and oxygen atoms in total. The first-order valence-electron chi connectivity index (χ1n) is 6.00. The fraction of sp³-hybridized carbons (Fsp3) is 0.0667. The van der Waals surface area contributed by atoms with Gasteiger partial charge in [-0.25, -0.2) is 12.8 Å². The quantitative estimate of drug-likeness (QED) is 0.872. The minimum atomic E-state index is -3.71. The molecule has 0 aliphatic carbocycles. The Hall–Kier alpha value is -2.14. The van der Waals surface area contributed by atoms with Crippen LogP contribution in [0.25, 0.3) is 5.57 Å². The number of benzene rings is 2. The molecule has 5 heteroatoms. The molecular weight excluding hydrogens is 279 g/mol. The Labute approximate surface area is 116 Å². The summed E-state index contributed by atoms with van der Waals surface area (Å²) >= 11 is 0. The molecule has 0 atom stereocenters. The fourth-order valence-corrected chi connectivity index (χ4v) is 3.68. The summed E-state index contributed by atoms with van der Waals surface area (Å²) < 4.78 is 43.0. The maximum atomic E-state index is 13.7. The summed E-state index contributed by atoms with van der Waals surface area (Å²) in [7, 11) is -3.71. The average Bonchev–Trinajstić information content (AvgIpc) is 2.70. The molecule has 0 saturated carbocycles. The fourth-order valence-electron chi connectivity index (χ4n) is 2.15. The van der Waals surface area contributed by atoms with Gasteiger partial charge < -0.3 is 4.74 Å². The van der Waals surface area contributed by atoms with E-state index in [1.807, 2.05) is 18.2 Å². The van der Waals surface area contributed by atoms with Crippen LogP contribution in [-0.4, -0.2) is 15.0 Å². The Morgan fingerprint density at radius 1 is 1.00 bits per heavy atom. The Kier molecular flexibility index (Phi) is 3.06. The lowest BCUT2D eigenvalue weighted by atomic mass is 10.1. The summed E-state index contributed by atoms with van der Waals surface area (Å²) in [5.74, 6) is -0.0934. The van der Waals surface area contributed by atoms with E-state index in [0.717, 1.165) is 11.5 Å². The number of hydrogen-bond acceptors (Lipinski definition) is 3. The highest BCUT2D eigenvalue weighted by Crippen LogP contribution is 2.35. The van der Waals surface area contributed by atoms with Gasteiger partial charge in [0.2, 0.25) is 9.84 Å². The van der Waals surface area contributed by atoms with Crippen molar-refractivity contribution in [2.24, 2.45) is 0 Å². The second kappa shape index (κ2) is 4.76. The van der Waals surface area contributed by atoms with E-state index in [-0.39, 0.29) is 11.5 Å². The zero-order chi connectivity index (χ0) is 14.2. The third-order valence-electron chi connectivity index (χ3n) is 3.03. The highest BCUT2D eigenvalue weighted by molar-refractivity contribution is 7.95. The highest BCUT2D eigenvalue weighted by atomic mass is 32.2. The summed E-state index contributed by atoms with van der Waals surface area (Å²) in [5, 5.41) is 1.07. The van der Waals surface area contributed by atoms with Crippen LogP contribution in [0.2, 0.25) is 0 Å². The number of hydrogen-bond donors (Lipinski definition) is 0. The number of halogens is 1. The molecule has 20 heavy (non-hydrogen) atoms. The predicted molar refractivity (Wildman–Crippen MR) is 73.5 cm³/mol. The van der Waals surface area contributed by atoms with Crippen LogP contribution in [0.3, 0.4) is 0 Å². The molecule has 0 fully saturated rings. The molecule has 1 aliphatic rings. The number of rotatable bonds is 3. The lowest BCUT2D eigenvalue weighted by Crippen LogP contribution is -2.00. The number of sulfone groups is 1. The van der Waals surface area contributed by atoms with Gasteiger partial charge in [0, 0.05) is 16.5 Å². The van der Waals surface area contributed by atoms with Crippen molar-refractivity contribution < 1.29 is 17.5 Å². The van der Waals surface area contributed by atoms with Crippen molar-refractivity contribution in [3.63, 3.8) is 0 Å². The van der Waals surface area contributed by atoms with E-state index >= 15 is 0 Å².